The van der Waals surface area contributed by atoms with Crippen LogP contribution >= 0.6 is 0 Å². The smallest absolute Gasteiger partial charge is 0.259 e. The van der Waals surface area contributed by atoms with Crippen molar-refractivity contribution in [2.24, 2.45) is 0 Å². The number of halogens is 3. The topological polar surface area (TPSA) is 88.3 Å². The minimum Gasteiger partial charge on any atom is -0.335 e. The highest BCUT2D eigenvalue weighted by Gasteiger charge is 2.25. The van der Waals surface area contributed by atoms with Gasteiger partial charge in [-0.25, -0.2) is 18.2 Å². The van der Waals surface area contributed by atoms with Crippen LogP contribution in [-0.4, -0.2) is 39.9 Å². The van der Waals surface area contributed by atoms with Crippen LogP contribution in [0.3, 0.4) is 0 Å². The van der Waals surface area contributed by atoms with Gasteiger partial charge in [0.05, 0.1) is 28.0 Å². The molecule has 2 aromatic heterocycles. The molecule has 0 aliphatic heterocycles. The number of nitrogens with one attached hydrogen (secondary N) is 1. The lowest BCUT2D eigenvalue weighted by Crippen LogP contribution is -2.38. The summed E-state index contributed by atoms with van der Waals surface area (Å²) in [5.41, 5.74) is 1.60. The average Bonchev–Trinajstić information content (AvgIpc) is 3.24. The van der Waals surface area contributed by atoms with Crippen LogP contribution < -0.4 is 5.32 Å². The number of hydrogen-bond acceptors (Lipinski definition) is 5. The van der Waals surface area contributed by atoms with Crippen LogP contribution in [0.2, 0.25) is 0 Å². The monoisotopic (exact) mass is 482 g/mol. The normalized spacial score (nSPS) is 11.0. The molecule has 7 nitrogen and oxygen atoms in total. The van der Waals surface area contributed by atoms with Gasteiger partial charge in [0.25, 0.3) is 11.6 Å². The molecule has 0 bridgehead atoms. The lowest BCUT2D eigenvalue weighted by Gasteiger charge is -2.22. The molecule has 0 spiro atoms. The van der Waals surface area contributed by atoms with Crippen molar-refractivity contribution in [2.75, 3.05) is 18.4 Å². The Morgan fingerprint density at radius 3 is 2.51 bits per heavy atom. The molecule has 0 aliphatic rings. The Balaban J connectivity index is 1.66. The van der Waals surface area contributed by atoms with E-state index in [2.05, 4.69) is 15.5 Å². The number of anilines is 1. The number of pyridine rings is 1. The van der Waals surface area contributed by atoms with E-state index in [9.17, 15) is 22.8 Å². The molecular weight excluding hydrogens is 461 g/mol. The van der Waals surface area contributed by atoms with Gasteiger partial charge in [-0.05, 0) is 31.5 Å². The molecule has 0 saturated heterocycles. The number of benzene rings is 2. The van der Waals surface area contributed by atoms with Crippen LogP contribution in [0.15, 0.2) is 53.1 Å². The fraction of sp³-hybridized carbons (Fsp3) is 0.200. The molecule has 0 atom stereocenters. The Kier molecular flexibility index (Phi) is 6.81. The third-order valence-corrected chi connectivity index (χ3v) is 5.34. The molecular formula is C25H21F3N4O3. The molecule has 0 aliphatic carbocycles. The van der Waals surface area contributed by atoms with E-state index in [-0.39, 0.29) is 17.8 Å². The number of hydrogen-bond donors (Lipinski definition) is 1. The molecule has 2 aromatic carbocycles. The summed E-state index contributed by atoms with van der Waals surface area (Å²) in [7, 11) is 0. The van der Waals surface area contributed by atoms with Gasteiger partial charge in [-0.15, -0.1) is 0 Å². The van der Waals surface area contributed by atoms with Crippen LogP contribution in [-0.2, 0) is 4.79 Å². The SMILES string of the molecule is CCCN(CC(=O)Nc1ccc(F)c(F)c1F)C(=O)c1cc(-c2ccccc2)nc2onc(C)c12. The Labute approximate surface area is 198 Å². The van der Waals surface area contributed by atoms with E-state index in [0.717, 1.165) is 11.6 Å². The molecule has 10 heteroatoms. The van der Waals surface area contributed by atoms with Gasteiger partial charge in [-0.2, -0.15) is 0 Å². The van der Waals surface area contributed by atoms with Crippen molar-refractivity contribution in [3.8, 4) is 11.3 Å². The summed E-state index contributed by atoms with van der Waals surface area (Å²) < 4.78 is 46.0. The van der Waals surface area contributed by atoms with Gasteiger partial charge in [0.2, 0.25) is 5.91 Å². The summed E-state index contributed by atoms with van der Waals surface area (Å²) in [6, 6.07) is 12.4. The number of carbonyl (C=O) groups is 2. The van der Waals surface area contributed by atoms with E-state index >= 15 is 0 Å². The second-order valence-electron chi connectivity index (χ2n) is 7.87. The molecule has 2 heterocycles. The van der Waals surface area contributed by atoms with Crippen molar-refractivity contribution in [3.63, 3.8) is 0 Å². The van der Waals surface area contributed by atoms with Crippen molar-refractivity contribution < 1.29 is 27.3 Å². The molecule has 180 valence electrons. The first-order valence-electron chi connectivity index (χ1n) is 10.8. The average molecular weight is 482 g/mol. The molecule has 0 fully saturated rings. The standard InChI is InChI=1S/C25H21F3N4O3/c1-3-11-32(13-20(33)29-18-10-9-17(26)22(27)23(18)28)25(34)16-12-19(15-7-5-4-6-8-15)30-24-21(16)14(2)31-35-24/h4-10,12H,3,11,13H2,1-2H3,(H,29,33). The second-order valence-corrected chi connectivity index (χ2v) is 7.87. The lowest BCUT2D eigenvalue weighted by atomic mass is 10.0. The quantitative estimate of drug-likeness (QED) is 0.370. The maximum absolute atomic E-state index is 14.0. The minimum atomic E-state index is -1.69. The highest BCUT2D eigenvalue weighted by atomic mass is 19.2. The molecule has 2 amide bonds. The number of aryl methyl sites for hydroxylation is 1. The van der Waals surface area contributed by atoms with Gasteiger partial charge in [0.1, 0.15) is 6.54 Å². The first kappa shape index (κ1) is 23.9. The molecule has 0 radical (unpaired) electrons. The van der Waals surface area contributed by atoms with Gasteiger partial charge in [0.15, 0.2) is 17.5 Å². The third kappa shape index (κ3) is 4.86. The van der Waals surface area contributed by atoms with Gasteiger partial charge in [0, 0.05) is 12.1 Å². The summed E-state index contributed by atoms with van der Waals surface area (Å²) in [5.74, 6) is -5.84. The Bertz CT molecular complexity index is 1410. The minimum absolute atomic E-state index is 0.178. The van der Waals surface area contributed by atoms with Crippen molar-refractivity contribution in [2.45, 2.75) is 20.3 Å². The van der Waals surface area contributed by atoms with Gasteiger partial charge < -0.3 is 14.7 Å². The Morgan fingerprint density at radius 2 is 1.80 bits per heavy atom. The molecule has 1 N–H and O–H groups in total. The zero-order valence-corrected chi connectivity index (χ0v) is 18.9. The largest absolute Gasteiger partial charge is 0.335 e. The first-order valence-corrected chi connectivity index (χ1v) is 10.8. The predicted molar refractivity (Wildman–Crippen MR) is 123 cm³/mol. The second kappa shape index (κ2) is 9.96. The van der Waals surface area contributed by atoms with Crippen LogP contribution in [0.1, 0.15) is 29.4 Å². The van der Waals surface area contributed by atoms with E-state index in [1.54, 1.807) is 13.0 Å². The molecule has 0 saturated carbocycles. The van der Waals surface area contributed by atoms with E-state index in [1.807, 2.05) is 37.3 Å². The summed E-state index contributed by atoms with van der Waals surface area (Å²) in [6.45, 7) is 3.27. The number of carbonyl (C=O) groups excluding carboxylic acids is 2. The number of aromatic nitrogens is 2. The molecule has 0 unspecified atom stereocenters. The van der Waals surface area contributed by atoms with E-state index < -0.39 is 41.5 Å². The number of fused-ring (bicyclic) bond motifs is 1. The highest BCUT2D eigenvalue weighted by Crippen LogP contribution is 2.28. The Morgan fingerprint density at radius 1 is 1.06 bits per heavy atom. The maximum Gasteiger partial charge on any atom is 0.259 e. The fourth-order valence-corrected chi connectivity index (χ4v) is 3.70. The van der Waals surface area contributed by atoms with Crippen molar-refractivity contribution in [3.05, 3.63) is 77.2 Å². The fourth-order valence-electron chi connectivity index (χ4n) is 3.70. The zero-order valence-electron chi connectivity index (χ0n) is 18.9. The van der Waals surface area contributed by atoms with Gasteiger partial charge in [-0.3, -0.25) is 9.59 Å². The number of rotatable bonds is 7. The van der Waals surface area contributed by atoms with Gasteiger partial charge >= 0.3 is 0 Å². The summed E-state index contributed by atoms with van der Waals surface area (Å²) >= 11 is 0. The van der Waals surface area contributed by atoms with Crippen molar-refractivity contribution in [1.82, 2.24) is 15.0 Å². The predicted octanol–water partition coefficient (Wildman–Crippen LogP) is 5.11. The summed E-state index contributed by atoms with van der Waals surface area (Å²) in [6.07, 6.45) is 0.529. The zero-order chi connectivity index (χ0) is 25.1. The maximum atomic E-state index is 14.0. The highest BCUT2D eigenvalue weighted by molar-refractivity contribution is 6.08. The summed E-state index contributed by atoms with van der Waals surface area (Å²) in [4.78, 5) is 32.0. The van der Waals surface area contributed by atoms with Crippen LogP contribution in [0, 0.1) is 24.4 Å². The third-order valence-electron chi connectivity index (χ3n) is 5.34. The summed E-state index contributed by atoms with van der Waals surface area (Å²) in [5, 5.41) is 6.54. The van der Waals surface area contributed by atoms with Crippen LogP contribution in [0.25, 0.3) is 22.4 Å². The van der Waals surface area contributed by atoms with E-state index in [0.29, 0.717) is 29.3 Å². The van der Waals surface area contributed by atoms with E-state index in [1.165, 1.54) is 4.90 Å². The van der Waals surface area contributed by atoms with Crippen LogP contribution in [0.5, 0.6) is 0 Å². The van der Waals surface area contributed by atoms with Crippen molar-refractivity contribution in [1.29, 1.82) is 0 Å². The Hall–Kier alpha value is -4.21. The molecule has 4 rings (SSSR count). The first-order chi connectivity index (χ1) is 16.8. The van der Waals surface area contributed by atoms with Crippen molar-refractivity contribution >= 4 is 28.6 Å². The van der Waals surface area contributed by atoms with Crippen LogP contribution in [0.4, 0.5) is 18.9 Å². The number of nitrogens with zero attached hydrogens (tertiary/aromatic N) is 3. The van der Waals surface area contributed by atoms with E-state index in [4.69, 9.17) is 4.52 Å². The van der Waals surface area contributed by atoms with Gasteiger partial charge in [-0.1, -0.05) is 42.4 Å². The molecule has 4 aromatic rings. The number of amides is 2. The lowest BCUT2D eigenvalue weighted by molar-refractivity contribution is -0.116. The molecule has 35 heavy (non-hydrogen) atoms.